The summed E-state index contributed by atoms with van der Waals surface area (Å²) < 4.78 is 5.22. The van der Waals surface area contributed by atoms with Crippen LogP contribution in [-0.2, 0) is 4.74 Å². The van der Waals surface area contributed by atoms with Crippen LogP contribution in [0.2, 0.25) is 0 Å². The lowest BCUT2D eigenvalue weighted by Crippen LogP contribution is -1.87. The minimum atomic E-state index is 0.616. The lowest BCUT2D eigenvalue weighted by Gasteiger charge is -1.77. The predicted molar refractivity (Wildman–Crippen MR) is 37.4 cm³/mol. The molecule has 1 aliphatic rings. The average molecular weight is 132 g/mol. The maximum absolute atomic E-state index is 7.00. The van der Waals surface area contributed by atoms with Crippen LogP contribution in [0, 0.1) is 0 Å². The van der Waals surface area contributed by atoms with E-state index in [-0.39, 0.29) is 0 Å². The molecular formula is C7H16O2. The number of epoxide rings is 1. The maximum atomic E-state index is 7.00. The Labute approximate surface area is 56.8 Å². The van der Waals surface area contributed by atoms with Gasteiger partial charge in [-0.3, -0.25) is 0 Å². The molecule has 2 atom stereocenters. The Kier molecular flexibility index (Phi) is 4.72. The molecule has 2 unspecified atom stereocenters. The third kappa shape index (κ3) is 2.82. The van der Waals surface area contributed by atoms with Crippen molar-refractivity contribution in [3.05, 3.63) is 0 Å². The monoisotopic (exact) mass is 132 g/mol. The quantitative estimate of drug-likeness (QED) is 0.572. The average Bonchev–Trinajstić information content (AvgIpc) is 2.70. The minimum absolute atomic E-state index is 0.616. The summed E-state index contributed by atoms with van der Waals surface area (Å²) in [4.78, 5) is 0. The van der Waals surface area contributed by atoms with Crippen molar-refractivity contribution in [3.63, 3.8) is 0 Å². The molecule has 0 aromatic rings. The summed E-state index contributed by atoms with van der Waals surface area (Å²) in [7, 11) is 1.00. The van der Waals surface area contributed by atoms with Gasteiger partial charge in [0.2, 0.25) is 0 Å². The topological polar surface area (TPSA) is 32.8 Å². The first kappa shape index (κ1) is 8.92. The lowest BCUT2D eigenvalue weighted by atomic mass is 10.2. The summed E-state index contributed by atoms with van der Waals surface area (Å²) in [6.45, 7) is 4.33. The second kappa shape index (κ2) is 4.77. The fraction of sp³-hybridized carbons (Fsp3) is 1.00. The van der Waals surface area contributed by atoms with Gasteiger partial charge in [-0.25, -0.2) is 0 Å². The van der Waals surface area contributed by atoms with E-state index in [1.54, 1.807) is 0 Å². The van der Waals surface area contributed by atoms with Crippen molar-refractivity contribution in [1.82, 2.24) is 0 Å². The second-order valence-electron chi connectivity index (χ2n) is 2.03. The Morgan fingerprint density at radius 1 is 1.11 bits per heavy atom. The van der Waals surface area contributed by atoms with E-state index in [1.807, 2.05) is 0 Å². The molecule has 2 nitrogen and oxygen atoms in total. The van der Waals surface area contributed by atoms with Gasteiger partial charge in [-0.15, -0.1) is 0 Å². The van der Waals surface area contributed by atoms with Crippen LogP contribution < -0.4 is 0 Å². The van der Waals surface area contributed by atoms with E-state index < -0.39 is 0 Å². The van der Waals surface area contributed by atoms with E-state index in [4.69, 9.17) is 9.84 Å². The van der Waals surface area contributed by atoms with Gasteiger partial charge in [-0.05, 0) is 12.8 Å². The van der Waals surface area contributed by atoms with E-state index in [9.17, 15) is 0 Å². The van der Waals surface area contributed by atoms with Crippen LogP contribution >= 0.6 is 0 Å². The van der Waals surface area contributed by atoms with Crippen molar-refractivity contribution in [1.29, 1.82) is 0 Å². The Balaban J connectivity index is 0.000000291. The SMILES string of the molecule is CCC1OC1CC.CO. The van der Waals surface area contributed by atoms with Gasteiger partial charge in [0.15, 0.2) is 0 Å². The highest BCUT2D eigenvalue weighted by molar-refractivity contribution is 4.81. The molecule has 0 aliphatic carbocycles. The van der Waals surface area contributed by atoms with Crippen LogP contribution in [0.1, 0.15) is 26.7 Å². The number of rotatable bonds is 2. The summed E-state index contributed by atoms with van der Waals surface area (Å²) in [5, 5.41) is 7.00. The summed E-state index contributed by atoms with van der Waals surface area (Å²) >= 11 is 0. The first-order valence-electron chi connectivity index (χ1n) is 3.48. The van der Waals surface area contributed by atoms with Gasteiger partial charge in [0.05, 0.1) is 12.2 Å². The molecule has 0 aromatic carbocycles. The minimum Gasteiger partial charge on any atom is -0.400 e. The van der Waals surface area contributed by atoms with Crippen molar-refractivity contribution in [2.75, 3.05) is 7.11 Å². The molecule has 1 saturated heterocycles. The number of hydrogen-bond acceptors (Lipinski definition) is 2. The van der Waals surface area contributed by atoms with Gasteiger partial charge < -0.3 is 9.84 Å². The number of hydrogen-bond donors (Lipinski definition) is 1. The highest BCUT2D eigenvalue weighted by Gasteiger charge is 2.34. The zero-order valence-corrected chi connectivity index (χ0v) is 6.42. The first-order valence-corrected chi connectivity index (χ1v) is 3.48. The van der Waals surface area contributed by atoms with E-state index >= 15 is 0 Å². The van der Waals surface area contributed by atoms with E-state index in [0.717, 1.165) is 7.11 Å². The number of ether oxygens (including phenoxy) is 1. The van der Waals surface area contributed by atoms with Crippen molar-refractivity contribution < 1.29 is 9.84 Å². The smallest absolute Gasteiger partial charge is 0.0839 e. The van der Waals surface area contributed by atoms with E-state index in [0.29, 0.717) is 12.2 Å². The summed E-state index contributed by atoms with van der Waals surface area (Å²) in [5.41, 5.74) is 0. The molecule has 1 aliphatic heterocycles. The van der Waals surface area contributed by atoms with Gasteiger partial charge in [-0.2, -0.15) is 0 Å². The molecule has 0 bridgehead atoms. The van der Waals surface area contributed by atoms with Crippen LogP contribution in [0.5, 0.6) is 0 Å². The van der Waals surface area contributed by atoms with Crippen molar-refractivity contribution in [2.24, 2.45) is 0 Å². The summed E-state index contributed by atoms with van der Waals surface area (Å²) in [5.74, 6) is 0. The molecule has 9 heavy (non-hydrogen) atoms. The van der Waals surface area contributed by atoms with Gasteiger partial charge in [0, 0.05) is 7.11 Å². The second-order valence-corrected chi connectivity index (χ2v) is 2.03. The Hall–Kier alpha value is -0.0800. The van der Waals surface area contributed by atoms with Crippen molar-refractivity contribution in [2.45, 2.75) is 38.9 Å². The molecule has 2 heteroatoms. The fourth-order valence-corrected chi connectivity index (χ4v) is 0.897. The number of aliphatic hydroxyl groups excluding tert-OH is 1. The van der Waals surface area contributed by atoms with Crippen LogP contribution in [0.4, 0.5) is 0 Å². The third-order valence-corrected chi connectivity index (χ3v) is 1.49. The number of aliphatic hydroxyl groups is 1. The summed E-state index contributed by atoms with van der Waals surface area (Å²) in [6.07, 6.45) is 3.62. The maximum Gasteiger partial charge on any atom is 0.0839 e. The van der Waals surface area contributed by atoms with Gasteiger partial charge in [0.1, 0.15) is 0 Å². The predicted octanol–water partition coefficient (Wildman–Crippen LogP) is 1.18. The van der Waals surface area contributed by atoms with Crippen molar-refractivity contribution >= 4 is 0 Å². The van der Waals surface area contributed by atoms with Gasteiger partial charge in [0.25, 0.3) is 0 Å². The van der Waals surface area contributed by atoms with Crippen LogP contribution in [-0.4, -0.2) is 24.4 Å². The fourth-order valence-electron chi connectivity index (χ4n) is 0.897. The molecular weight excluding hydrogens is 116 g/mol. The molecule has 0 amide bonds. The molecule has 56 valence electrons. The highest BCUT2D eigenvalue weighted by atomic mass is 16.6. The normalized spacial score (nSPS) is 30.7. The molecule has 1 fully saturated rings. The molecule has 1 N–H and O–H groups in total. The van der Waals surface area contributed by atoms with Crippen LogP contribution in [0.15, 0.2) is 0 Å². The van der Waals surface area contributed by atoms with Gasteiger partial charge >= 0.3 is 0 Å². The molecule has 0 spiro atoms. The molecule has 0 saturated carbocycles. The zero-order chi connectivity index (χ0) is 7.28. The van der Waals surface area contributed by atoms with Gasteiger partial charge in [-0.1, -0.05) is 13.8 Å². The zero-order valence-electron chi connectivity index (χ0n) is 6.42. The Morgan fingerprint density at radius 3 is 1.56 bits per heavy atom. The van der Waals surface area contributed by atoms with E-state index in [1.165, 1.54) is 12.8 Å². The van der Waals surface area contributed by atoms with Crippen LogP contribution in [0.25, 0.3) is 0 Å². The highest BCUT2D eigenvalue weighted by Crippen LogP contribution is 2.26. The molecule has 1 rings (SSSR count). The third-order valence-electron chi connectivity index (χ3n) is 1.49. The van der Waals surface area contributed by atoms with E-state index in [2.05, 4.69) is 13.8 Å². The first-order chi connectivity index (χ1) is 4.38. The Bertz CT molecular complexity index is 55.9. The Morgan fingerprint density at radius 2 is 1.44 bits per heavy atom. The molecule has 0 radical (unpaired) electrons. The van der Waals surface area contributed by atoms with Crippen LogP contribution in [0.3, 0.4) is 0 Å². The molecule has 0 aromatic heterocycles. The van der Waals surface area contributed by atoms with Crippen molar-refractivity contribution in [3.8, 4) is 0 Å². The largest absolute Gasteiger partial charge is 0.400 e. The standard InChI is InChI=1S/C6H12O.CH4O/c1-3-5-6(4-2)7-5;1-2/h5-6H,3-4H2,1-2H3;2H,1H3. The summed E-state index contributed by atoms with van der Waals surface area (Å²) in [6, 6.07) is 0. The molecule has 1 heterocycles. The lowest BCUT2D eigenvalue weighted by molar-refractivity contribution is 0.363.